The summed E-state index contributed by atoms with van der Waals surface area (Å²) < 4.78 is 26.3. The van der Waals surface area contributed by atoms with Crippen molar-refractivity contribution < 1.29 is 18.3 Å². The van der Waals surface area contributed by atoms with Gasteiger partial charge in [-0.15, -0.1) is 0 Å². The van der Waals surface area contributed by atoms with Crippen molar-refractivity contribution >= 4 is 27.8 Å². The number of carboxylic acid groups (broad SMARTS) is 1. The Morgan fingerprint density at radius 1 is 1.45 bits per heavy atom. The van der Waals surface area contributed by atoms with Crippen molar-refractivity contribution in [3.63, 3.8) is 0 Å². The molecule has 0 amide bonds. The Bertz CT molecular complexity index is 645. The van der Waals surface area contributed by atoms with Crippen LogP contribution in [0.15, 0.2) is 24.3 Å². The number of carboxylic acids is 1. The standard InChI is InChI=1S/C14H17NO4S/c1-10-2-6-13(8-12(10)5-7-14(16)17)15-20(18,19)9-11-3-4-11/h2,5-8,11,15H,3-4,9H2,1H3,(H,16,17). The molecule has 20 heavy (non-hydrogen) atoms. The van der Waals surface area contributed by atoms with Crippen LogP contribution in [0.5, 0.6) is 0 Å². The third-order valence-corrected chi connectivity index (χ3v) is 4.57. The predicted molar refractivity (Wildman–Crippen MR) is 78.0 cm³/mol. The SMILES string of the molecule is Cc1ccc(NS(=O)(=O)CC2CC2)cc1C=CC(=O)O. The first-order valence-electron chi connectivity index (χ1n) is 6.38. The van der Waals surface area contributed by atoms with Crippen molar-refractivity contribution in [3.05, 3.63) is 35.4 Å². The molecule has 1 fully saturated rings. The first kappa shape index (κ1) is 14.6. The minimum absolute atomic E-state index is 0.154. The molecule has 1 aromatic rings. The topological polar surface area (TPSA) is 83.5 Å². The number of benzene rings is 1. The van der Waals surface area contributed by atoms with Gasteiger partial charge in [-0.05, 0) is 55.0 Å². The van der Waals surface area contributed by atoms with E-state index in [1.54, 1.807) is 18.2 Å². The molecule has 1 aliphatic rings. The minimum atomic E-state index is -3.32. The van der Waals surface area contributed by atoms with E-state index < -0.39 is 16.0 Å². The summed E-state index contributed by atoms with van der Waals surface area (Å²) in [5, 5.41) is 8.63. The lowest BCUT2D eigenvalue weighted by Crippen LogP contribution is -2.17. The number of anilines is 1. The Morgan fingerprint density at radius 2 is 2.15 bits per heavy atom. The van der Waals surface area contributed by atoms with Gasteiger partial charge in [0.25, 0.3) is 0 Å². The molecule has 0 unspecified atom stereocenters. The number of nitrogens with one attached hydrogen (secondary N) is 1. The maximum Gasteiger partial charge on any atom is 0.328 e. The van der Waals surface area contributed by atoms with Crippen molar-refractivity contribution in [1.82, 2.24) is 0 Å². The molecule has 0 aliphatic heterocycles. The quantitative estimate of drug-likeness (QED) is 0.788. The van der Waals surface area contributed by atoms with Crippen LogP contribution in [0, 0.1) is 12.8 Å². The van der Waals surface area contributed by atoms with E-state index in [0.717, 1.165) is 24.5 Å². The van der Waals surface area contributed by atoms with Crippen LogP contribution in [0.1, 0.15) is 24.0 Å². The van der Waals surface area contributed by atoms with Gasteiger partial charge in [0.15, 0.2) is 0 Å². The molecule has 1 aromatic carbocycles. The normalized spacial score (nSPS) is 15.4. The van der Waals surface area contributed by atoms with Gasteiger partial charge in [0, 0.05) is 11.8 Å². The van der Waals surface area contributed by atoms with Crippen LogP contribution in [0.2, 0.25) is 0 Å². The van der Waals surface area contributed by atoms with E-state index in [9.17, 15) is 13.2 Å². The van der Waals surface area contributed by atoms with Gasteiger partial charge >= 0.3 is 5.97 Å². The van der Waals surface area contributed by atoms with Crippen molar-refractivity contribution in [2.75, 3.05) is 10.5 Å². The highest BCUT2D eigenvalue weighted by atomic mass is 32.2. The third-order valence-electron chi connectivity index (χ3n) is 3.11. The molecule has 1 aliphatic carbocycles. The molecule has 108 valence electrons. The molecule has 0 bridgehead atoms. The van der Waals surface area contributed by atoms with E-state index in [1.807, 2.05) is 6.92 Å². The van der Waals surface area contributed by atoms with Crippen LogP contribution >= 0.6 is 0 Å². The number of hydrogen-bond acceptors (Lipinski definition) is 3. The molecule has 0 saturated heterocycles. The number of rotatable bonds is 6. The monoisotopic (exact) mass is 295 g/mol. The van der Waals surface area contributed by atoms with Crippen molar-refractivity contribution in [2.24, 2.45) is 5.92 Å². The molecule has 2 N–H and O–H groups in total. The molecule has 1 saturated carbocycles. The lowest BCUT2D eigenvalue weighted by atomic mass is 10.1. The average molecular weight is 295 g/mol. The average Bonchev–Trinajstić information content (AvgIpc) is 3.12. The minimum Gasteiger partial charge on any atom is -0.478 e. The second-order valence-corrected chi connectivity index (χ2v) is 6.84. The fourth-order valence-electron chi connectivity index (χ4n) is 1.86. The summed E-state index contributed by atoms with van der Waals surface area (Å²) in [6.07, 6.45) is 4.43. The summed E-state index contributed by atoms with van der Waals surface area (Å²) in [6.45, 7) is 1.84. The first-order valence-corrected chi connectivity index (χ1v) is 8.03. The Labute approximate surface area is 118 Å². The Morgan fingerprint density at radius 3 is 2.75 bits per heavy atom. The molecule has 0 spiro atoms. The summed E-state index contributed by atoms with van der Waals surface area (Å²) in [4.78, 5) is 10.5. The van der Waals surface area contributed by atoms with Gasteiger partial charge in [-0.1, -0.05) is 6.07 Å². The van der Waals surface area contributed by atoms with Crippen LogP contribution < -0.4 is 4.72 Å². The maximum atomic E-state index is 11.9. The van der Waals surface area contributed by atoms with Crippen LogP contribution in [0.3, 0.4) is 0 Å². The Hall–Kier alpha value is -1.82. The van der Waals surface area contributed by atoms with E-state index in [-0.39, 0.29) is 11.7 Å². The molecule has 0 heterocycles. The van der Waals surface area contributed by atoms with Gasteiger partial charge < -0.3 is 5.11 Å². The first-order chi connectivity index (χ1) is 9.35. The van der Waals surface area contributed by atoms with E-state index in [2.05, 4.69) is 4.72 Å². The van der Waals surface area contributed by atoms with Crippen molar-refractivity contribution in [1.29, 1.82) is 0 Å². The molecule has 6 heteroatoms. The molecule has 0 atom stereocenters. The number of carbonyl (C=O) groups is 1. The summed E-state index contributed by atoms with van der Waals surface area (Å²) in [5.74, 6) is -0.602. The van der Waals surface area contributed by atoms with E-state index in [4.69, 9.17) is 5.11 Å². The number of hydrogen-bond donors (Lipinski definition) is 2. The van der Waals surface area contributed by atoms with E-state index in [0.29, 0.717) is 11.3 Å². The van der Waals surface area contributed by atoms with E-state index >= 15 is 0 Å². The highest BCUT2D eigenvalue weighted by Gasteiger charge is 2.27. The fraction of sp³-hybridized carbons (Fsp3) is 0.357. The molecule has 5 nitrogen and oxygen atoms in total. The smallest absolute Gasteiger partial charge is 0.328 e. The zero-order valence-electron chi connectivity index (χ0n) is 11.2. The van der Waals surface area contributed by atoms with Gasteiger partial charge in [-0.2, -0.15) is 0 Å². The number of aliphatic carboxylic acids is 1. The fourth-order valence-corrected chi connectivity index (χ4v) is 3.38. The van der Waals surface area contributed by atoms with Crippen LogP contribution in [-0.4, -0.2) is 25.2 Å². The maximum absolute atomic E-state index is 11.9. The molecule has 0 radical (unpaired) electrons. The predicted octanol–water partition coefficient (Wildman–Crippen LogP) is 2.24. The summed E-state index contributed by atoms with van der Waals surface area (Å²) in [5.41, 5.74) is 2.02. The van der Waals surface area contributed by atoms with Crippen LogP contribution in [-0.2, 0) is 14.8 Å². The van der Waals surface area contributed by atoms with Gasteiger partial charge in [-0.25, -0.2) is 13.2 Å². The Balaban J connectivity index is 2.16. The number of aryl methyl sites for hydroxylation is 1. The zero-order chi connectivity index (χ0) is 14.8. The van der Waals surface area contributed by atoms with Crippen LogP contribution in [0.4, 0.5) is 5.69 Å². The Kier molecular flexibility index (Phi) is 4.13. The lowest BCUT2D eigenvalue weighted by Gasteiger charge is -2.09. The summed E-state index contributed by atoms with van der Waals surface area (Å²) in [6, 6.07) is 5.08. The highest BCUT2D eigenvalue weighted by molar-refractivity contribution is 7.92. The molecule has 2 rings (SSSR count). The highest BCUT2D eigenvalue weighted by Crippen LogP contribution is 2.30. The third kappa shape index (κ3) is 4.38. The van der Waals surface area contributed by atoms with Gasteiger partial charge in [0.1, 0.15) is 0 Å². The van der Waals surface area contributed by atoms with Crippen LogP contribution in [0.25, 0.3) is 6.08 Å². The van der Waals surface area contributed by atoms with Crippen molar-refractivity contribution in [2.45, 2.75) is 19.8 Å². The molecular weight excluding hydrogens is 278 g/mol. The summed E-state index contributed by atoms with van der Waals surface area (Å²) in [7, 11) is -3.32. The van der Waals surface area contributed by atoms with Gasteiger partial charge in [0.05, 0.1) is 5.75 Å². The molecule has 0 aromatic heterocycles. The largest absolute Gasteiger partial charge is 0.478 e. The van der Waals surface area contributed by atoms with Gasteiger partial charge in [0.2, 0.25) is 10.0 Å². The van der Waals surface area contributed by atoms with E-state index in [1.165, 1.54) is 6.08 Å². The van der Waals surface area contributed by atoms with Crippen molar-refractivity contribution in [3.8, 4) is 0 Å². The lowest BCUT2D eigenvalue weighted by molar-refractivity contribution is -0.131. The number of sulfonamides is 1. The van der Waals surface area contributed by atoms with Gasteiger partial charge in [-0.3, -0.25) is 4.72 Å². The molecular formula is C14H17NO4S. The second-order valence-electron chi connectivity index (χ2n) is 5.07. The summed E-state index contributed by atoms with van der Waals surface area (Å²) >= 11 is 0. The second kappa shape index (κ2) is 5.66. The zero-order valence-corrected chi connectivity index (χ0v) is 12.0.